The van der Waals surface area contributed by atoms with Gasteiger partial charge in [0.15, 0.2) is 0 Å². The highest BCUT2D eigenvalue weighted by Crippen LogP contribution is 2.12. The van der Waals surface area contributed by atoms with Gasteiger partial charge in [-0.05, 0) is 12.1 Å². The molecular formula is C12H19BNS. The second kappa shape index (κ2) is 5.62. The topological polar surface area (TPSA) is 3.24 Å². The summed E-state index contributed by atoms with van der Waals surface area (Å²) in [5.74, 6) is 0. The van der Waals surface area contributed by atoms with Crippen LogP contribution in [-0.2, 0) is 0 Å². The van der Waals surface area contributed by atoms with E-state index >= 15 is 0 Å². The Labute approximate surface area is 99.5 Å². The summed E-state index contributed by atoms with van der Waals surface area (Å²) in [5, 5.41) is 0. The molecule has 0 aromatic rings. The van der Waals surface area contributed by atoms with E-state index in [1.165, 1.54) is 5.47 Å². The smallest absolute Gasteiger partial charge is 0.248 e. The Morgan fingerprint density at radius 2 is 1.87 bits per heavy atom. The summed E-state index contributed by atoms with van der Waals surface area (Å²) in [7, 11) is 2.21. The first-order valence-electron chi connectivity index (χ1n) is 5.54. The average Bonchev–Trinajstić information content (AvgIpc) is 2.13. The molecule has 0 aromatic carbocycles. The third kappa shape index (κ3) is 3.92. The van der Waals surface area contributed by atoms with Crippen LogP contribution in [0.15, 0.2) is 23.7 Å². The van der Waals surface area contributed by atoms with Crippen LogP contribution in [0.5, 0.6) is 0 Å². The predicted molar refractivity (Wildman–Crippen MR) is 72.3 cm³/mol. The fourth-order valence-corrected chi connectivity index (χ4v) is 1.98. The molecule has 1 aliphatic rings. The van der Waals surface area contributed by atoms with E-state index in [-0.39, 0.29) is 0 Å². The van der Waals surface area contributed by atoms with Crippen molar-refractivity contribution in [2.75, 3.05) is 0 Å². The SMILES string of the molecule is CC(C)N([B]C1=CC(=S)CC=C1)C(C)C. The highest BCUT2D eigenvalue weighted by atomic mass is 32.1. The Balaban J connectivity index is 2.66. The molecule has 0 aliphatic heterocycles. The number of nitrogens with zero attached hydrogens (tertiary/aromatic N) is 1. The van der Waals surface area contributed by atoms with Crippen LogP contribution in [-0.4, -0.2) is 29.2 Å². The lowest BCUT2D eigenvalue weighted by atomic mass is 9.75. The summed E-state index contributed by atoms with van der Waals surface area (Å²) in [4.78, 5) is 3.38. The maximum atomic E-state index is 5.20. The normalized spacial score (nSPS) is 16.5. The van der Waals surface area contributed by atoms with Crippen LogP contribution >= 0.6 is 12.2 Å². The molecule has 0 heterocycles. The minimum Gasteiger partial charge on any atom is -0.338 e. The molecule has 15 heavy (non-hydrogen) atoms. The number of hydrogen-bond donors (Lipinski definition) is 0. The quantitative estimate of drug-likeness (QED) is 0.529. The molecule has 1 aliphatic carbocycles. The Morgan fingerprint density at radius 1 is 1.27 bits per heavy atom. The first kappa shape index (κ1) is 12.7. The van der Waals surface area contributed by atoms with E-state index in [1.54, 1.807) is 0 Å². The zero-order valence-electron chi connectivity index (χ0n) is 10.0. The van der Waals surface area contributed by atoms with Gasteiger partial charge in [0.25, 0.3) is 0 Å². The zero-order valence-corrected chi connectivity index (χ0v) is 10.8. The molecule has 0 bridgehead atoms. The Hall–Kier alpha value is -0.405. The molecule has 0 fully saturated rings. The van der Waals surface area contributed by atoms with Gasteiger partial charge in [-0.25, -0.2) is 0 Å². The molecule has 0 atom stereocenters. The van der Waals surface area contributed by atoms with Crippen molar-refractivity contribution in [1.82, 2.24) is 4.81 Å². The monoisotopic (exact) mass is 220 g/mol. The lowest BCUT2D eigenvalue weighted by Gasteiger charge is -2.30. The molecule has 0 saturated heterocycles. The van der Waals surface area contributed by atoms with E-state index in [2.05, 4.69) is 58.1 Å². The second-order valence-corrected chi connectivity index (χ2v) is 5.01. The number of hydrogen-bond acceptors (Lipinski definition) is 2. The van der Waals surface area contributed by atoms with E-state index in [0.29, 0.717) is 12.1 Å². The van der Waals surface area contributed by atoms with Crippen LogP contribution in [0.1, 0.15) is 34.1 Å². The van der Waals surface area contributed by atoms with Gasteiger partial charge in [0.05, 0.1) is 0 Å². The van der Waals surface area contributed by atoms with Crippen molar-refractivity contribution in [2.45, 2.75) is 46.2 Å². The molecule has 0 aromatic heterocycles. The third-order valence-electron chi connectivity index (χ3n) is 2.45. The highest BCUT2D eigenvalue weighted by Gasteiger charge is 2.16. The minimum atomic E-state index is 0.523. The highest BCUT2D eigenvalue weighted by molar-refractivity contribution is 7.80. The van der Waals surface area contributed by atoms with Crippen molar-refractivity contribution in [1.29, 1.82) is 0 Å². The summed E-state index contributed by atoms with van der Waals surface area (Å²) in [5.41, 5.74) is 1.22. The van der Waals surface area contributed by atoms with Crippen LogP contribution < -0.4 is 0 Å². The molecule has 1 radical (unpaired) electrons. The Kier molecular flexibility index (Phi) is 4.74. The lowest BCUT2D eigenvalue weighted by Crippen LogP contribution is -2.40. The predicted octanol–water partition coefficient (Wildman–Crippen LogP) is 2.94. The summed E-state index contributed by atoms with van der Waals surface area (Å²) in [6.45, 7) is 8.84. The van der Waals surface area contributed by atoms with Crippen LogP contribution in [0, 0.1) is 0 Å². The van der Waals surface area contributed by atoms with Gasteiger partial charge >= 0.3 is 0 Å². The maximum Gasteiger partial charge on any atom is 0.248 e. The zero-order chi connectivity index (χ0) is 11.4. The summed E-state index contributed by atoms with van der Waals surface area (Å²) >= 11 is 5.20. The van der Waals surface area contributed by atoms with Crippen LogP contribution in [0.3, 0.4) is 0 Å². The van der Waals surface area contributed by atoms with E-state index in [4.69, 9.17) is 12.2 Å². The maximum absolute atomic E-state index is 5.20. The van der Waals surface area contributed by atoms with Crippen molar-refractivity contribution < 1.29 is 0 Å². The van der Waals surface area contributed by atoms with Crippen molar-refractivity contribution in [3.05, 3.63) is 23.7 Å². The Bertz CT molecular complexity index is 284. The summed E-state index contributed by atoms with van der Waals surface area (Å²) < 4.78 is 0. The first-order valence-corrected chi connectivity index (χ1v) is 5.95. The van der Waals surface area contributed by atoms with Crippen LogP contribution in [0.2, 0.25) is 0 Å². The number of thiocarbonyl (C=S) groups is 1. The average molecular weight is 220 g/mol. The largest absolute Gasteiger partial charge is 0.338 e. The fourth-order valence-electron chi connectivity index (χ4n) is 1.75. The van der Waals surface area contributed by atoms with E-state index in [9.17, 15) is 0 Å². The molecule has 81 valence electrons. The molecule has 0 spiro atoms. The molecule has 0 unspecified atom stereocenters. The lowest BCUT2D eigenvalue weighted by molar-refractivity contribution is 0.314. The van der Waals surface area contributed by atoms with Gasteiger partial charge in [0.2, 0.25) is 7.41 Å². The molecule has 0 saturated carbocycles. The fraction of sp³-hybridized carbons (Fsp3) is 0.583. The molecule has 1 rings (SSSR count). The summed E-state index contributed by atoms with van der Waals surface area (Å²) in [6, 6.07) is 1.05. The third-order valence-corrected chi connectivity index (χ3v) is 2.73. The van der Waals surface area contributed by atoms with Gasteiger partial charge in [-0.15, -0.1) is 0 Å². The van der Waals surface area contributed by atoms with Gasteiger partial charge in [-0.3, -0.25) is 0 Å². The van der Waals surface area contributed by atoms with E-state index in [0.717, 1.165) is 11.3 Å². The van der Waals surface area contributed by atoms with Gasteiger partial charge in [-0.2, -0.15) is 0 Å². The van der Waals surface area contributed by atoms with E-state index in [1.807, 2.05) is 0 Å². The second-order valence-electron chi connectivity index (χ2n) is 4.48. The van der Waals surface area contributed by atoms with Crippen LogP contribution in [0.4, 0.5) is 0 Å². The molecular weight excluding hydrogens is 201 g/mol. The van der Waals surface area contributed by atoms with Crippen molar-refractivity contribution in [3.8, 4) is 0 Å². The molecule has 0 amide bonds. The van der Waals surface area contributed by atoms with Crippen molar-refractivity contribution >= 4 is 24.5 Å². The molecule has 3 heteroatoms. The van der Waals surface area contributed by atoms with Gasteiger partial charge in [0.1, 0.15) is 0 Å². The minimum absolute atomic E-state index is 0.523. The number of allylic oxidation sites excluding steroid dienone is 4. The van der Waals surface area contributed by atoms with Gasteiger partial charge in [-0.1, -0.05) is 63.6 Å². The van der Waals surface area contributed by atoms with Gasteiger partial charge in [0, 0.05) is 11.3 Å². The van der Waals surface area contributed by atoms with Crippen molar-refractivity contribution in [2.24, 2.45) is 0 Å². The molecule has 1 nitrogen and oxygen atoms in total. The Morgan fingerprint density at radius 3 is 2.33 bits per heavy atom. The van der Waals surface area contributed by atoms with E-state index < -0.39 is 0 Å². The summed E-state index contributed by atoms with van der Waals surface area (Å²) in [6.07, 6.45) is 7.28. The van der Waals surface area contributed by atoms with Gasteiger partial charge < -0.3 is 4.81 Å². The first-order chi connectivity index (χ1) is 7.00. The standard InChI is InChI=1S/C12H19BNS/c1-9(2)14(10(3)4)13-11-6-5-7-12(15)8-11/h5-6,8-10H,7H2,1-4H3. The van der Waals surface area contributed by atoms with Crippen LogP contribution in [0.25, 0.3) is 0 Å². The van der Waals surface area contributed by atoms with Crippen molar-refractivity contribution in [3.63, 3.8) is 0 Å². The number of rotatable bonds is 4. The molecule has 0 N–H and O–H groups in total.